The Hall–Kier alpha value is -1.04. The number of rotatable bonds is 4. The fraction of sp³-hybridized carbons (Fsp3) is 0.750. The van der Waals surface area contributed by atoms with Crippen LogP contribution in [0.3, 0.4) is 0 Å². The Kier molecular flexibility index (Phi) is 5.65. The molecule has 1 aliphatic rings. The molecule has 0 aromatic carbocycles. The predicted octanol–water partition coefficient (Wildman–Crippen LogP) is 1.37. The van der Waals surface area contributed by atoms with Crippen molar-refractivity contribution in [2.75, 3.05) is 12.3 Å². The van der Waals surface area contributed by atoms with Crippen LogP contribution in [0.15, 0.2) is 0 Å². The van der Waals surface area contributed by atoms with E-state index in [1.165, 1.54) is 11.8 Å². The molecule has 1 fully saturated rings. The van der Waals surface area contributed by atoms with Crippen molar-refractivity contribution in [1.82, 2.24) is 4.90 Å². The molecule has 2 unspecified atom stereocenters. The number of carboxylic acid groups (broad SMARTS) is 1. The van der Waals surface area contributed by atoms with E-state index in [9.17, 15) is 14.4 Å². The summed E-state index contributed by atoms with van der Waals surface area (Å²) in [5, 5.41) is 8.83. The molecule has 18 heavy (non-hydrogen) atoms. The number of amides is 1. The molecule has 0 spiro atoms. The molecule has 1 aliphatic heterocycles. The van der Waals surface area contributed by atoms with E-state index in [1.807, 2.05) is 6.92 Å². The van der Waals surface area contributed by atoms with Gasteiger partial charge in [-0.15, -0.1) is 0 Å². The van der Waals surface area contributed by atoms with Crippen molar-refractivity contribution in [3.05, 3.63) is 0 Å². The highest BCUT2D eigenvalue weighted by Crippen LogP contribution is 2.25. The SMILES string of the molecule is CC(=O)SCC1CCCC(C)N(CC(=O)O)C1=O. The predicted molar refractivity (Wildman–Crippen MR) is 69.3 cm³/mol. The second kappa shape index (κ2) is 6.78. The highest BCUT2D eigenvalue weighted by molar-refractivity contribution is 8.13. The third kappa shape index (κ3) is 4.33. The first-order valence-corrected chi connectivity index (χ1v) is 7.06. The van der Waals surface area contributed by atoms with Crippen molar-refractivity contribution >= 4 is 28.8 Å². The van der Waals surface area contributed by atoms with Crippen LogP contribution in [0.4, 0.5) is 0 Å². The Labute approximate surface area is 111 Å². The van der Waals surface area contributed by atoms with Gasteiger partial charge in [-0.25, -0.2) is 0 Å². The summed E-state index contributed by atoms with van der Waals surface area (Å²) in [6.07, 6.45) is 2.45. The summed E-state index contributed by atoms with van der Waals surface area (Å²) >= 11 is 1.14. The fourth-order valence-corrected chi connectivity index (χ4v) is 2.89. The smallest absolute Gasteiger partial charge is 0.323 e. The summed E-state index contributed by atoms with van der Waals surface area (Å²) in [5.41, 5.74) is 0. The van der Waals surface area contributed by atoms with E-state index in [0.29, 0.717) is 5.75 Å². The van der Waals surface area contributed by atoms with Gasteiger partial charge in [0.25, 0.3) is 0 Å². The van der Waals surface area contributed by atoms with Crippen LogP contribution in [0.1, 0.15) is 33.1 Å². The normalized spacial score (nSPS) is 24.8. The van der Waals surface area contributed by atoms with Gasteiger partial charge in [-0.1, -0.05) is 18.2 Å². The number of nitrogens with zero attached hydrogens (tertiary/aromatic N) is 1. The Morgan fingerprint density at radius 3 is 2.67 bits per heavy atom. The van der Waals surface area contributed by atoms with E-state index in [-0.39, 0.29) is 29.5 Å². The van der Waals surface area contributed by atoms with Gasteiger partial charge in [0.1, 0.15) is 6.54 Å². The van der Waals surface area contributed by atoms with E-state index >= 15 is 0 Å². The highest BCUT2D eigenvalue weighted by atomic mass is 32.2. The zero-order valence-electron chi connectivity index (χ0n) is 10.7. The average Bonchev–Trinajstić information content (AvgIpc) is 2.39. The molecular weight excluding hydrogens is 254 g/mol. The van der Waals surface area contributed by atoms with Gasteiger partial charge in [0, 0.05) is 24.6 Å². The molecule has 0 aromatic rings. The number of carbonyl (C=O) groups excluding carboxylic acids is 2. The molecule has 1 N–H and O–H groups in total. The molecule has 0 aromatic heterocycles. The van der Waals surface area contributed by atoms with E-state index < -0.39 is 5.97 Å². The standard InChI is InChI=1S/C12H19NO4S/c1-8-4-3-5-10(7-18-9(2)14)12(17)13(8)6-11(15)16/h8,10H,3-7H2,1-2H3,(H,15,16). The van der Waals surface area contributed by atoms with E-state index in [2.05, 4.69) is 0 Å². The molecule has 0 saturated carbocycles. The molecule has 0 aliphatic carbocycles. The fourth-order valence-electron chi connectivity index (χ4n) is 2.14. The zero-order valence-corrected chi connectivity index (χ0v) is 11.5. The maximum atomic E-state index is 12.2. The molecule has 6 heteroatoms. The Morgan fingerprint density at radius 2 is 2.11 bits per heavy atom. The summed E-state index contributed by atoms with van der Waals surface area (Å²) in [5.74, 6) is -0.897. The summed E-state index contributed by atoms with van der Waals surface area (Å²) in [4.78, 5) is 35.4. The first-order chi connectivity index (χ1) is 8.41. The average molecular weight is 273 g/mol. The topological polar surface area (TPSA) is 74.7 Å². The quantitative estimate of drug-likeness (QED) is 0.837. The summed E-state index contributed by atoms with van der Waals surface area (Å²) in [6, 6.07) is -0.0408. The lowest BCUT2D eigenvalue weighted by Gasteiger charge is -2.27. The minimum Gasteiger partial charge on any atom is -0.480 e. The second-order valence-corrected chi connectivity index (χ2v) is 5.84. The molecule has 1 amide bonds. The van der Waals surface area contributed by atoms with Crippen molar-refractivity contribution < 1.29 is 19.5 Å². The molecule has 2 atom stereocenters. The van der Waals surface area contributed by atoms with Crippen LogP contribution in [0, 0.1) is 5.92 Å². The van der Waals surface area contributed by atoms with Gasteiger partial charge in [-0.3, -0.25) is 14.4 Å². The van der Waals surface area contributed by atoms with Crippen LogP contribution in [0.25, 0.3) is 0 Å². The van der Waals surface area contributed by atoms with Gasteiger partial charge in [-0.2, -0.15) is 0 Å². The van der Waals surface area contributed by atoms with Crippen LogP contribution in [0.5, 0.6) is 0 Å². The number of thioether (sulfide) groups is 1. The van der Waals surface area contributed by atoms with Crippen LogP contribution in [-0.4, -0.2) is 45.3 Å². The lowest BCUT2D eigenvalue weighted by atomic mass is 10.0. The van der Waals surface area contributed by atoms with Crippen LogP contribution in [0.2, 0.25) is 0 Å². The summed E-state index contributed by atoms with van der Waals surface area (Å²) < 4.78 is 0. The molecule has 1 heterocycles. The number of carbonyl (C=O) groups is 3. The summed E-state index contributed by atoms with van der Waals surface area (Å²) in [7, 11) is 0. The molecular formula is C12H19NO4S. The van der Waals surface area contributed by atoms with E-state index in [0.717, 1.165) is 31.0 Å². The molecule has 5 nitrogen and oxygen atoms in total. The molecule has 1 rings (SSSR count). The van der Waals surface area contributed by atoms with Crippen molar-refractivity contribution in [1.29, 1.82) is 0 Å². The third-order valence-electron chi connectivity index (χ3n) is 3.13. The largest absolute Gasteiger partial charge is 0.480 e. The van der Waals surface area contributed by atoms with E-state index in [1.54, 1.807) is 0 Å². The van der Waals surface area contributed by atoms with Gasteiger partial charge >= 0.3 is 5.97 Å². The van der Waals surface area contributed by atoms with Crippen LogP contribution < -0.4 is 0 Å². The Morgan fingerprint density at radius 1 is 1.44 bits per heavy atom. The lowest BCUT2D eigenvalue weighted by Crippen LogP contribution is -2.44. The second-order valence-electron chi connectivity index (χ2n) is 4.64. The first kappa shape index (κ1) is 15.0. The molecule has 102 valence electrons. The van der Waals surface area contributed by atoms with Crippen molar-refractivity contribution in [2.24, 2.45) is 5.92 Å². The lowest BCUT2D eigenvalue weighted by molar-refractivity contribution is -0.147. The van der Waals surface area contributed by atoms with Gasteiger partial charge in [-0.05, 0) is 19.8 Å². The number of aliphatic carboxylic acids is 1. The third-order valence-corrected chi connectivity index (χ3v) is 4.11. The highest BCUT2D eigenvalue weighted by Gasteiger charge is 2.32. The number of carboxylic acids is 1. The van der Waals surface area contributed by atoms with Gasteiger partial charge in [0.2, 0.25) is 5.91 Å². The molecule has 0 bridgehead atoms. The maximum absolute atomic E-state index is 12.2. The number of hydrogen-bond acceptors (Lipinski definition) is 4. The maximum Gasteiger partial charge on any atom is 0.323 e. The first-order valence-electron chi connectivity index (χ1n) is 6.07. The van der Waals surface area contributed by atoms with E-state index in [4.69, 9.17) is 5.11 Å². The Bertz CT molecular complexity index is 345. The van der Waals surface area contributed by atoms with Crippen molar-refractivity contribution in [3.63, 3.8) is 0 Å². The number of likely N-dealkylation sites (tertiary alicyclic amines) is 1. The van der Waals surface area contributed by atoms with Gasteiger partial charge in [0.05, 0.1) is 0 Å². The minimum absolute atomic E-state index is 0.00937. The summed E-state index contributed by atoms with van der Waals surface area (Å²) in [6.45, 7) is 3.10. The molecule has 0 radical (unpaired) electrons. The number of hydrogen-bond donors (Lipinski definition) is 1. The Balaban J connectivity index is 2.72. The van der Waals surface area contributed by atoms with Gasteiger partial charge < -0.3 is 10.0 Å². The van der Waals surface area contributed by atoms with Crippen LogP contribution in [-0.2, 0) is 14.4 Å². The van der Waals surface area contributed by atoms with Gasteiger partial charge in [0.15, 0.2) is 5.12 Å². The minimum atomic E-state index is -0.991. The monoisotopic (exact) mass is 273 g/mol. The van der Waals surface area contributed by atoms with Crippen molar-refractivity contribution in [2.45, 2.75) is 39.2 Å². The molecule has 1 saturated heterocycles. The zero-order chi connectivity index (χ0) is 13.7. The van der Waals surface area contributed by atoms with Crippen molar-refractivity contribution in [3.8, 4) is 0 Å². The van der Waals surface area contributed by atoms with Crippen LogP contribution >= 0.6 is 11.8 Å².